The lowest BCUT2D eigenvalue weighted by Gasteiger charge is -2.24. The highest BCUT2D eigenvalue weighted by Crippen LogP contribution is 2.32. The summed E-state index contributed by atoms with van der Waals surface area (Å²) in [6.07, 6.45) is -0.771. The summed E-state index contributed by atoms with van der Waals surface area (Å²) in [5.41, 5.74) is 0.482. The fraction of sp³-hybridized carbons (Fsp3) is 0.412. The van der Waals surface area contributed by atoms with E-state index in [1.165, 1.54) is 44.7 Å². The average molecular weight is 351 g/mol. The van der Waals surface area contributed by atoms with E-state index in [9.17, 15) is 19.2 Å². The third kappa shape index (κ3) is 6.62. The van der Waals surface area contributed by atoms with Gasteiger partial charge in [-0.1, -0.05) is 6.07 Å². The third-order valence-electron chi connectivity index (χ3n) is 3.13. The molecule has 0 bridgehead atoms. The quantitative estimate of drug-likeness (QED) is 0.567. The molecule has 1 amide bonds. The SMILES string of the molecule is CC(=O)Oc1ccc(C(CN(C)C(C)=O)OC(C)=O)cc1OC(C)=O. The molecule has 8 nitrogen and oxygen atoms in total. The molecule has 0 saturated heterocycles. The van der Waals surface area contributed by atoms with Crippen LogP contribution in [0, 0.1) is 0 Å². The van der Waals surface area contributed by atoms with Gasteiger partial charge < -0.3 is 19.1 Å². The molecule has 0 aromatic heterocycles. The molecule has 1 aromatic rings. The van der Waals surface area contributed by atoms with Crippen molar-refractivity contribution in [3.8, 4) is 11.5 Å². The number of benzene rings is 1. The number of ether oxygens (including phenoxy) is 3. The van der Waals surface area contributed by atoms with Gasteiger partial charge in [-0.2, -0.15) is 0 Å². The van der Waals surface area contributed by atoms with E-state index < -0.39 is 24.0 Å². The minimum Gasteiger partial charge on any atom is -0.456 e. The molecule has 0 radical (unpaired) electrons. The van der Waals surface area contributed by atoms with Crippen molar-refractivity contribution in [1.82, 2.24) is 4.90 Å². The molecule has 1 aromatic carbocycles. The van der Waals surface area contributed by atoms with Crippen LogP contribution in [0.3, 0.4) is 0 Å². The first-order chi connectivity index (χ1) is 11.6. The van der Waals surface area contributed by atoms with Crippen LogP contribution in [0.15, 0.2) is 18.2 Å². The largest absolute Gasteiger partial charge is 0.456 e. The molecule has 136 valence electrons. The Balaban J connectivity index is 3.23. The van der Waals surface area contributed by atoms with Gasteiger partial charge in [-0.05, 0) is 17.7 Å². The summed E-state index contributed by atoms with van der Waals surface area (Å²) in [4.78, 5) is 46.6. The highest BCUT2D eigenvalue weighted by Gasteiger charge is 2.21. The maximum Gasteiger partial charge on any atom is 0.308 e. The Bertz CT molecular complexity index is 684. The van der Waals surface area contributed by atoms with Crippen molar-refractivity contribution in [1.29, 1.82) is 0 Å². The van der Waals surface area contributed by atoms with E-state index in [0.717, 1.165) is 0 Å². The number of hydrogen-bond donors (Lipinski definition) is 0. The van der Waals surface area contributed by atoms with Gasteiger partial charge >= 0.3 is 17.9 Å². The predicted molar refractivity (Wildman–Crippen MR) is 86.9 cm³/mol. The smallest absolute Gasteiger partial charge is 0.308 e. The normalized spacial score (nSPS) is 11.2. The van der Waals surface area contributed by atoms with E-state index >= 15 is 0 Å². The van der Waals surface area contributed by atoms with Crippen molar-refractivity contribution in [2.45, 2.75) is 33.8 Å². The fourth-order valence-electron chi connectivity index (χ4n) is 1.99. The topological polar surface area (TPSA) is 99.2 Å². The molecule has 0 aliphatic rings. The maximum absolute atomic E-state index is 11.4. The van der Waals surface area contributed by atoms with Crippen LogP contribution in [0.4, 0.5) is 0 Å². The zero-order valence-electron chi connectivity index (χ0n) is 14.8. The van der Waals surface area contributed by atoms with Crippen LogP contribution in [0.2, 0.25) is 0 Å². The predicted octanol–water partition coefficient (Wildman–Crippen LogP) is 1.62. The standard InChI is InChI=1S/C17H21NO7/c1-10(19)18(5)9-17(25-13(4)22)14-6-7-15(23-11(2)20)16(8-14)24-12(3)21/h6-8,17H,9H2,1-5H3. The number of rotatable bonds is 6. The number of amides is 1. The second-order valence-electron chi connectivity index (χ2n) is 5.39. The Morgan fingerprint density at radius 3 is 1.96 bits per heavy atom. The Hall–Kier alpha value is -2.90. The van der Waals surface area contributed by atoms with Crippen LogP contribution in [0.5, 0.6) is 11.5 Å². The Labute approximate surface area is 145 Å². The minimum absolute atomic E-state index is 0.0165. The van der Waals surface area contributed by atoms with E-state index in [-0.39, 0.29) is 24.0 Å². The molecular weight excluding hydrogens is 330 g/mol. The first kappa shape index (κ1) is 20.1. The Morgan fingerprint density at radius 2 is 1.48 bits per heavy atom. The van der Waals surface area contributed by atoms with E-state index in [4.69, 9.17) is 14.2 Å². The lowest BCUT2D eigenvalue weighted by Crippen LogP contribution is -2.30. The monoisotopic (exact) mass is 351 g/mol. The molecule has 0 aliphatic heterocycles. The van der Waals surface area contributed by atoms with Crippen molar-refractivity contribution in [3.05, 3.63) is 23.8 Å². The molecule has 25 heavy (non-hydrogen) atoms. The van der Waals surface area contributed by atoms with Crippen molar-refractivity contribution in [3.63, 3.8) is 0 Å². The number of esters is 3. The number of carbonyl (C=O) groups is 4. The fourth-order valence-corrected chi connectivity index (χ4v) is 1.99. The van der Waals surface area contributed by atoms with Crippen molar-refractivity contribution >= 4 is 23.8 Å². The first-order valence-electron chi connectivity index (χ1n) is 7.49. The molecule has 0 spiro atoms. The van der Waals surface area contributed by atoms with E-state index in [1.807, 2.05) is 0 Å². The van der Waals surface area contributed by atoms with E-state index in [0.29, 0.717) is 5.56 Å². The van der Waals surface area contributed by atoms with Crippen LogP contribution < -0.4 is 9.47 Å². The lowest BCUT2D eigenvalue weighted by molar-refractivity contribution is -0.149. The molecule has 0 heterocycles. The first-order valence-corrected chi connectivity index (χ1v) is 7.49. The van der Waals surface area contributed by atoms with Gasteiger partial charge in [0.1, 0.15) is 6.10 Å². The van der Waals surface area contributed by atoms with Crippen LogP contribution in [-0.2, 0) is 23.9 Å². The molecular formula is C17H21NO7. The zero-order valence-corrected chi connectivity index (χ0v) is 14.8. The van der Waals surface area contributed by atoms with E-state index in [1.54, 1.807) is 13.1 Å². The van der Waals surface area contributed by atoms with Crippen LogP contribution in [0.25, 0.3) is 0 Å². The molecule has 0 saturated carbocycles. The second kappa shape index (κ2) is 8.81. The summed E-state index contributed by atoms with van der Waals surface area (Å²) in [5.74, 6) is -1.82. The molecule has 0 fully saturated rings. The summed E-state index contributed by atoms with van der Waals surface area (Å²) in [6, 6.07) is 4.42. The van der Waals surface area contributed by atoms with Crippen molar-refractivity contribution < 1.29 is 33.4 Å². The van der Waals surface area contributed by atoms with Gasteiger partial charge in [0.25, 0.3) is 0 Å². The van der Waals surface area contributed by atoms with Crippen LogP contribution in [0.1, 0.15) is 39.4 Å². The van der Waals surface area contributed by atoms with Gasteiger partial charge in [-0.25, -0.2) is 0 Å². The maximum atomic E-state index is 11.4. The van der Waals surface area contributed by atoms with Crippen molar-refractivity contribution in [2.24, 2.45) is 0 Å². The molecule has 1 rings (SSSR count). The Kier molecular flexibility index (Phi) is 7.10. The van der Waals surface area contributed by atoms with Crippen LogP contribution >= 0.6 is 0 Å². The lowest BCUT2D eigenvalue weighted by atomic mass is 10.1. The average Bonchev–Trinajstić information content (AvgIpc) is 2.46. The summed E-state index contributed by atoms with van der Waals surface area (Å²) in [5, 5.41) is 0. The molecule has 8 heteroatoms. The van der Waals surface area contributed by atoms with E-state index in [2.05, 4.69) is 0 Å². The van der Waals surface area contributed by atoms with Crippen LogP contribution in [-0.4, -0.2) is 42.3 Å². The number of carbonyl (C=O) groups excluding carboxylic acids is 4. The summed E-state index contributed by atoms with van der Waals surface area (Å²) in [6.45, 7) is 5.17. The number of likely N-dealkylation sites (N-methyl/N-ethyl adjacent to an activating group) is 1. The molecule has 1 atom stereocenters. The second-order valence-corrected chi connectivity index (χ2v) is 5.39. The minimum atomic E-state index is -0.771. The van der Waals surface area contributed by atoms with Gasteiger partial charge in [-0.3, -0.25) is 19.2 Å². The zero-order chi connectivity index (χ0) is 19.1. The Morgan fingerprint density at radius 1 is 0.920 bits per heavy atom. The molecule has 0 N–H and O–H groups in total. The van der Waals surface area contributed by atoms with Gasteiger partial charge in [0, 0.05) is 34.7 Å². The van der Waals surface area contributed by atoms with Gasteiger partial charge in [0.05, 0.1) is 6.54 Å². The van der Waals surface area contributed by atoms with Crippen molar-refractivity contribution in [2.75, 3.05) is 13.6 Å². The third-order valence-corrected chi connectivity index (χ3v) is 3.13. The highest BCUT2D eigenvalue weighted by atomic mass is 16.6. The number of hydrogen-bond acceptors (Lipinski definition) is 7. The molecule has 1 unspecified atom stereocenters. The summed E-state index contributed by atoms with van der Waals surface area (Å²) in [7, 11) is 1.57. The van der Waals surface area contributed by atoms with Gasteiger partial charge in [-0.15, -0.1) is 0 Å². The number of nitrogens with zero attached hydrogens (tertiary/aromatic N) is 1. The molecule has 0 aliphatic carbocycles. The van der Waals surface area contributed by atoms with Gasteiger partial charge in [0.2, 0.25) is 5.91 Å². The summed E-state index contributed by atoms with van der Waals surface area (Å²) < 4.78 is 15.3. The summed E-state index contributed by atoms with van der Waals surface area (Å²) >= 11 is 0. The highest BCUT2D eigenvalue weighted by molar-refractivity contribution is 5.74. The van der Waals surface area contributed by atoms with Gasteiger partial charge in [0.15, 0.2) is 11.5 Å².